The SMILES string of the molecule is Cc1ccc2c(c1)c(CC(N)=O)c(C)n2C(=O)C1C=CC(C)CC1. The Bertz CT molecular complexity index is 845. The van der Waals surface area contributed by atoms with Crippen molar-refractivity contribution in [3.63, 3.8) is 0 Å². The molecule has 4 nitrogen and oxygen atoms in total. The van der Waals surface area contributed by atoms with Crippen LogP contribution in [0.4, 0.5) is 0 Å². The van der Waals surface area contributed by atoms with Gasteiger partial charge in [0.1, 0.15) is 0 Å². The largest absolute Gasteiger partial charge is 0.369 e. The zero-order chi connectivity index (χ0) is 17.4. The van der Waals surface area contributed by atoms with Gasteiger partial charge in [0.25, 0.3) is 0 Å². The van der Waals surface area contributed by atoms with Crippen LogP contribution in [0.15, 0.2) is 30.4 Å². The molecule has 1 heterocycles. The first-order valence-electron chi connectivity index (χ1n) is 8.50. The van der Waals surface area contributed by atoms with Gasteiger partial charge >= 0.3 is 0 Å². The summed E-state index contributed by atoms with van der Waals surface area (Å²) in [6, 6.07) is 6.00. The summed E-state index contributed by atoms with van der Waals surface area (Å²) in [5.41, 5.74) is 9.08. The van der Waals surface area contributed by atoms with Crippen LogP contribution in [0.1, 0.15) is 41.4 Å². The van der Waals surface area contributed by atoms with Crippen molar-refractivity contribution in [2.24, 2.45) is 17.6 Å². The highest BCUT2D eigenvalue weighted by atomic mass is 16.2. The van der Waals surface area contributed by atoms with Crippen molar-refractivity contribution < 1.29 is 9.59 Å². The summed E-state index contributed by atoms with van der Waals surface area (Å²) in [7, 11) is 0. The lowest BCUT2D eigenvalue weighted by Crippen LogP contribution is -2.24. The van der Waals surface area contributed by atoms with E-state index in [1.165, 1.54) is 0 Å². The van der Waals surface area contributed by atoms with Crippen molar-refractivity contribution in [3.05, 3.63) is 47.2 Å². The highest BCUT2D eigenvalue weighted by Gasteiger charge is 2.26. The molecule has 0 saturated carbocycles. The van der Waals surface area contributed by atoms with E-state index in [-0.39, 0.29) is 24.2 Å². The average Bonchev–Trinajstić information content (AvgIpc) is 2.79. The summed E-state index contributed by atoms with van der Waals surface area (Å²) < 4.78 is 1.78. The molecule has 1 aromatic heterocycles. The second-order valence-electron chi connectivity index (χ2n) is 6.95. The van der Waals surface area contributed by atoms with E-state index in [9.17, 15) is 9.59 Å². The molecule has 1 aromatic carbocycles. The van der Waals surface area contributed by atoms with Crippen molar-refractivity contribution in [1.29, 1.82) is 0 Å². The lowest BCUT2D eigenvalue weighted by atomic mass is 9.89. The normalized spacial score (nSPS) is 20.5. The molecular formula is C20H24N2O2. The van der Waals surface area contributed by atoms with Gasteiger partial charge in [0, 0.05) is 11.1 Å². The van der Waals surface area contributed by atoms with Gasteiger partial charge in [0.05, 0.1) is 17.9 Å². The third kappa shape index (κ3) is 2.88. The van der Waals surface area contributed by atoms with Gasteiger partial charge in [-0.2, -0.15) is 0 Å². The minimum absolute atomic E-state index is 0.0835. The average molecular weight is 324 g/mol. The Labute approximate surface area is 142 Å². The Balaban J connectivity index is 2.13. The van der Waals surface area contributed by atoms with Gasteiger partial charge in [-0.3, -0.25) is 14.2 Å². The number of hydrogen-bond acceptors (Lipinski definition) is 2. The molecule has 2 aromatic rings. The molecule has 2 unspecified atom stereocenters. The monoisotopic (exact) mass is 324 g/mol. The lowest BCUT2D eigenvalue weighted by Gasteiger charge is -2.20. The van der Waals surface area contributed by atoms with Crippen LogP contribution >= 0.6 is 0 Å². The van der Waals surface area contributed by atoms with Crippen LogP contribution in [0.3, 0.4) is 0 Å². The number of primary amides is 1. The van der Waals surface area contributed by atoms with E-state index in [0.717, 1.165) is 40.6 Å². The first-order chi connectivity index (χ1) is 11.4. The van der Waals surface area contributed by atoms with E-state index in [4.69, 9.17) is 5.73 Å². The van der Waals surface area contributed by atoms with Crippen LogP contribution < -0.4 is 5.73 Å². The second-order valence-corrected chi connectivity index (χ2v) is 6.95. The smallest absolute Gasteiger partial charge is 0.238 e. The van der Waals surface area contributed by atoms with E-state index in [1.807, 2.05) is 38.1 Å². The van der Waals surface area contributed by atoms with Crippen LogP contribution in [0.5, 0.6) is 0 Å². The van der Waals surface area contributed by atoms with E-state index in [2.05, 4.69) is 13.0 Å². The van der Waals surface area contributed by atoms with Crippen molar-refractivity contribution in [2.45, 2.75) is 40.0 Å². The number of aryl methyl sites for hydroxylation is 1. The maximum Gasteiger partial charge on any atom is 0.238 e. The number of nitrogens with two attached hydrogens (primary N) is 1. The van der Waals surface area contributed by atoms with Crippen LogP contribution in [0.2, 0.25) is 0 Å². The number of amides is 1. The summed E-state index contributed by atoms with van der Waals surface area (Å²) >= 11 is 0. The summed E-state index contributed by atoms with van der Waals surface area (Å²) in [5, 5.41) is 0.952. The molecule has 0 saturated heterocycles. The van der Waals surface area contributed by atoms with Gasteiger partial charge in [-0.15, -0.1) is 0 Å². The minimum atomic E-state index is -0.377. The molecule has 0 spiro atoms. The van der Waals surface area contributed by atoms with Crippen molar-refractivity contribution >= 4 is 22.7 Å². The van der Waals surface area contributed by atoms with Crippen LogP contribution in [0.25, 0.3) is 10.9 Å². The molecule has 3 rings (SSSR count). The molecule has 0 fully saturated rings. The fourth-order valence-corrected chi connectivity index (χ4v) is 3.61. The fraction of sp³-hybridized carbons (Fsp3) is 0.400. The zero-order valence-corrected chi connectivity index (χ0v) is 14.5. The maximum absolute atomic E-state index is 13.1. The third-order valence-electron chi connectivity index (χ3n) is 4.98. The molecular weight excluding hydrogens is 300 g/mol. The number of carbonyl (C=O) groups excluding carboxylic acids is 2. The molecule has 1 amide bonds. The Morgan fingerprint density at radius 3 is 2.58 bits per heavy atom. The van der Waals surface area contributed by atoms with Gasteiger partial charge in [0.15, 0.2) is 0 Å². The van der Waals surface area contributed by atoms with Crippen LogP contribution in [-0.2, 0) is 11.2 Å². The quantitative estimate of drug-likeness (QED) is 0.878. The number of hydrogen-bond donors (Lipinski definition) is 1. The molecule has 2 atom stereocenters. The van der Waals surface area contributed by atoms with Gasteiger partial charge < -0.3 is 5.73 Å². The summed E-state index contributed by atoms with van der Waals surface area (Å²) in [6.45, 7) is 6.08. The summed E-state index contributed by atoms with van der Waals surface area (Å²) in [4.78, 5) is 24.6. The van der Waals surface area contributed by atoms with Gasteiger partial charge in [0.2, 0.25) is 11.8 Å². The molecule has 4 heteroatoms. The molecule has 126 valence electrons. The number of fused-ring (bicyclic) bond motifs is 1. The summed E-state index contributed by atoms with van der Waals surface area (Å²) in [5.74, 6) is 0.139. The highest BCUT2D eigenvalue weighted by molar-refractivity contribution is 5.99. The van der Waals surface area contributed by atoms with Crippen molar-refractivity contribution in [1.82, 2.24) is 4.57 Å². The Kier molecular flexibility index (Phi) is 4.31. The second kappa shape index (κ2) is 6.27. The highest BCUT2D eigenvalue weighted by Crippen LogP contribution is 2.30. The number of benzene rings is 1. The number of nitrogens with zero attached hydrogens (tertiary/aromatic N) is 1. The maximum atomic E-state index is 13.1. The predicted molar refractivity (Wildman–Crippen MR) is 96.0 cm³/mol. The Hall–Kier alpha value is -2.36. The number of aromatic nitrogens is 1. The first kappa shape index (κ1) is 16.5. The molecule has 1 aliphatic rings. The number of allylic oxidation sites excluding steroid dienone is 2. The molecule has 0 bridgehead atoms. The Morgan fingerprint density at radius 2 is 1.96 bits per heavy atom. The lowest BCUT2D eigenvalue weighted by molar-refractivity contribution is -0.117. The van der Waals surface area contributed by atoms with Gasteiger partial charge in [-0.05, 0) is 50.3 Å². The Morgan fingerprint density at radius 1 is 1.21 bits per heavy atom. The van der Waals surface area contributed by atoms with Crippen molar-refractivity contribution in [3.8, 4) is 0 Å². The van der Waals surface area contributed by atoms with E-state index in [0.29, 0.717) is 5.92 Å². The van der Waals surface area contributed by atoms with Crippen LogP contribution in [0, 0.1) is 25.7 Å². The standard InChI is InChI=1S/C20H24N2O2/c1-12-4-7-15(8-5-12)20(24)22-14(3)16(11-19(21)23)17-10-13(2)6-9-18(17)22/h4,6-7,9-10,12,15H,5,8,11H2,1-3H3,(H2,21,23). The van der Waals surface area contributed by atoms with E-state index >= 15 is 0 Å². The van der Waals surface area contributed by atoms with E-state index < -0.39 is 0 Å². The third-order valence-corrected chi connectivity index (χ3v) is 4.98. The predicted octanol–water partition coefficient (Wildman–Crippen LogP) is 3.53. The topological polar surface area (TPSA) is 65.1 Å². The molecule has 2 N–H and O–H groups in total. The van der Waals surface area contributed by atoms with Gasteiger partial charge in [-0.1, -0.05) is 30.7 Å². The van der Waals surface area contributed by atoms with Crippen LogP contribution in [-0.4, -0.2) is 16.4 Å². The van der Waals surface area contributed by atoms with E-state index in [1.54, 1.807) is 4.57 Å². The minimum Gasteiger partial charge on any atom is -0.369 e. The molecule has 0 aliphatic heterocycles. The first-order valence-corrected chi connectivity index (χ1v) is 8.50. The number of carbonyl (C=O) groups is 2. The van der Waals surface area contributed by atoms with Gasteiger partial charge in [-0.25, -0.2) is 0 Å². The summed E-state index contributed by atoms with van der Waals surface area (Å²) in [6.07, 6.45) is 6.21. The number of rotatable bonds is 3. The molecule has 24 heavy (non-hydrogen) atoms. The fourth-order valence-electron chi connectivity index (χ4n) is 3.61. The zero-order valence-electron chi connectivity index (χ0n) is 14.5. The molecule has 1 aliphatic carbocycles. The molecule has 0 radical (unpaired) electrons. The van der Waals surface area contributed by atoms with Crippen molar-refractivity contribution in [2.75, 3.05) is 0 Å².